The Morgan fingerprint density at radius 1 is 0.855 bits per heavy atom. The first kappa shape index (κ1) is 49.8. The first-order valence-electron chi connectivity index (χ1n) is 20.1. The maximum absolute atomic E-state index is 13.7. The third-order valence-electron chi connectivity index (χ3n) is 12.4. The molecular weight excluding hydrogens is 716 g/mol. The van der Waals surface area contributed by atoms with E-state index in [0.29, 0.717) is 25.7 Å². The van der Waals surface area contributed by atoms with Crippen molar-refractivity contribution in [3.05, 3.63) is 0 Å². The number of ether oxygens (including phenoxy) is 6. The molecule has 2 aliphatic heterocycles. The van der Waals surface area contributed by atoms with E-state index in [1.165, 1.54) is 21.1 Å². The normalized spacial score (nSPS) is 33.4. The van der Waals surface area contributed by atoms with Crippen LogP contribution in [-0.4, -0.2) is 182 Å². The van der Waals surface area contributed by atoms with Crippen molar-refractivity contribution >= 4 is 11.8 Å². The smallest absolute Gasteiger partial charge is 0.308 e. The number of hydrogen-bond acceptors (Lipinski definition) is 15. The van der Waals surface area contributed by atoms with E-state index in [-0.39, 0.29) is 43.3 Å². The minimum absolute atomic E-state index is 0.0205. The molecule has 0 radical (unpaired) electrons. The summed E-state index contributed by atoms with van der Waals surface area (Å²) in [5.74, 6) is -2.76. The molecule has 0 bridgehead atoms. The number of hydrogen-bond donors (Lipinski definition) is 5. The fourth-order valence-corrected chi connectivity index (χ4v) is 8.44. The number of rotatable bonds is 23. The molecule has 18 unspecified atom stereocenters. The summed E-state index contributed by atoms with van der Waals surface area (Å²) in [7, 11) is 10.5. The molecule has 2 saturated heterocycles. The van der Waals surface area contributed by atoms with Crippen LogP contribution < -0.4 is 0 Å². The standard InChI is InChI=1S/C40H76N2O13/c1-14-30(28(17-21(2)24(5)44)20-52-40-39(51-13)38(50-12)35(48)26(7)54-40)55-31(46)19-29(45)23(4)32(27(15-16-43)18-22(3)41(8)9)37-36(49)33(42(10)11)34(47)25(6)53-37/h21-23,25-30,32-40,43,45,47-49H,14-20H2,1-13H3. The number of likely N-dealkylation sites (N-methyl/N-ethyl adjacent to an activating group) is 1. The highest BCUT2D eigenvalue weighted by Gasteiger charge is 2.51. The van der Waals surface area contributed by atoms with Crippen LogP contribution in [0, 0.1) is 29.6 Å². The Labute approximate surface area is 329 Å². The first-order chi connectivity index (χ1) is 25.7. The molecule has 18 atom stereocenters. The van der Waals surface area contributed by atoms with Gasteiger partial charge in [0.2, 0.25) is 0 Å². The molecule has 0 amide bonds. The lowest BCUT2D eigenvalue weighted by molar-refractivity contribution is -0.305. The number of ketones is 1. The minimum Gasteiger partial charge on any atom is -0.462 e. The summed E-state index contributed by atoms with van der Waals surface area (Å²) in [4.78, 5) is 30.0. The lowest BCUT2D eigenvalue weighted by Gasteiger charge is -2.50. The summed E-state index contributed by atoms with van der Waals surface area (Å²) in [5, 5.41) is 55.3. The predicted molar refractivity (Wildman–Crippen MR) is 206 cm³/mol. The number of nitrogens with zero attached hydrogens (tertiary/aromatic N) is 2. The summed E-state index contributed by atoms with van der Waals surface area (Å²) >= 11 is 0. The van der Waals surface area contributed by atoms with Crippen molar-refractivity contribution < 1.29 is 63.5 Å². The molecule has 0 aromatic carbocycles. The highest BCUT2D eigenvalue weighted by molar-refractivity contribution is 5.77. The summed E-state index contributed by atoms with van der Waals surface area (Å²) in [6.07, 6.45) is -7.83. The van der Waals surface area contributed by atoms with Crippen molar-refractivity contribution in [1.29, 1.82) is 0 Å². The molecule has 2 heterocycles. The fraction of sp³-hybridized carbons (Fsp3) is 0.950. The van der Waals surface area contributed by atoms with Gasteiger partial charge in [0.25, 0.3) is 0 Å². The molecule has 5 N–H and O–H groups in total. The second-order valence-electron chi connectivity index (χ2n) is 16.6. The number of carbonyl (C=O) groups is 2. The van der Waals surface area contributed by atoms with Crippen LogP contribution in [0.15, 0.2) is 0 Å². The van der Waals surface area contributed by atoms with Crippen LogP contribution in [-0.2, 0) is 38.0 Å². The van der Waals surface area contributed by atoms with Crippen LogP contribution in [0.5, 0.6) is 0 Å². The van der Waals surface area contributed by atoms with Crippen molar-refractivity contribution in [2.24, 2.45) is 29.6 Å². The van der Waals surface area contributed by atoms with Gasteiger partial charge in [0.1, 0.15) is 30.2 Å². The van der Waals surface area contributed by atoms with Gasteiger partial charge < -0.3 is 63.8 Å². The van der Waals surface area contributed by atoms with Gasteiger partial charge in [0.15, 0.2) is 6.29 Å². The number of methoxy groups -OCH3 is 2. The Morgan fingerprint density at radius 3 is 1.96 bits per heavy atom. The number of aliphatic hydroxyl groups excluding tert-OH is 5. The van der Waals surface area contributed by atoms with Crippen LogP contribution in [0.3, 0.4) is 0 Å². The van der Waals surface area contributed by atoms with Crippen molar-refractivity contribution in [2.75, 3.05) is 55.6 Å². The van der Waals surface area contributed by atoms with E-state index in [4.69, 9.17) is 28.4 Å². The highest BCUT2D eigenvalue weighted by atomic mass is 16.7. The van der Waals surface area contributed by atoms with Gasteiger partial charge in [-0.1, -0.05) is 20.8 Å². The van der Waals surface area contributed by atoms with Crippen molar-refractivity contribution in [1.82, 2.24) is 9.80 Å². The molecule has 0 aliphatic carbocycles. The average Bonchev–Trinajstić information content (AvgIpc) is 3.11. The third-order valence-corrected chi connectivity index (χ3v) is 12.4. The van der Waals surface area contributed by atoms with E-state index in [0.717, 1.165) is 0 Å². The van der Waals surface area contributed by atoms with Gasteiger partial charge in [0, 0.05) is 38.7 Å². The number of Topliss-reactive ketones (excluding diaryl/α,β-unsaturated/α-hetero) is 1. The summed E-state index contributed by atoms with van der Waals surface area (Å²) < 4.78 is 35.7. The zero-order valence-corrected chi connectivity index (χ0v) is 35.7. The third kappa shape index (κ3) is 13.3. The van der Waals surface area contributed by atoms with Crippen molar-refractivity contribution in [3.63, 3.8) is 0 Å². The predicted octanol–water partition coefficient (Wildman–Crippen LogP) is 1.47. The SMILES string of the molecule is CCC(OC(=O)CC(O)C(C)C(C(CCO)CC(C)N(C)C)C1OC(C)C(O)C(N(C)C)C1O)C(COC1OC(C)C(O)C(OC)C1OC)CC(C)C(C)=O. The molecule has 0 spiro atoms. The summed E-state index contributed by atoms with van der Waals surface area (Å²) in [5.41, 5.74) is 0. The number of aliphatic hydroxyl groups is 5. The molecule has 0 aromatic rings. The Kier molecular flexibility index (Phi) is 21.1. The largest absolute Gasteiger partial charge is 0.462 e. The summed E-state index contributed by atoms with van der Waals surface area (Å²) in [6.45, 7) is 12.5. The zero-order chi connectivity index (χ0) is 41.9. The van der Waals surface area contributed by atoms with Crippen LogP contribution in [0.2, 0.25) is 0 Å². The molecular formula is C40H76N2O13. The van der Waals surface area contributed by atoms with Crippen LogP contribution in [0.4, 0.5) is 0 Å². The average molecular weight is 793 g/mol. The monoisotopic (exact) mass is 793 g/mol. The van der Waals surface area contributed by atoms with Crippen LogP contribution in [0.1, 0.15) is 80.6 Å². The van der Waals surface area contributed by atoms with Gasteiger partial charge in [-0.05, 0) is 99.3 Å². The Bertz CT molecular complexity index is 1130. The van der Waals surface area contributed by atoms with Gasteiger partial charge in [-0.25, -0.2) is 0 Å². The number of esters is 1. The van der Waals surface area contributed by atoms with Gasteiger partial charge in [-0.15, -0.1) is 0 Å². The minimum atomic E-state index is -1.20. The first-order valence-corrected chi connectivity index (χ1v) is 20.1. The molecule has 324 valence electrons. The molecule has 0 aromatic heterocycles. The quantitative estimate of drug-likeness (QED) is 0.0933. The van der Waals surface area contributed by atoms with E-state index in [1.807, 2.05) is 34.9 Å². The maximum Gasteiger partial charge on any atom is 0.308 e. The Morgan fingerprint density at radius 2 is 1.45 bits per heavy atom. The molecule has 2 rings (SSSR count). The zero-order valence-electron chi connectivity index (χ0n) is 35.7. The lowest BCUT2D eigenvalue weighted by atomic mass is 9.69. The topological polar surface area (TPSA) is 197 Å². The molecule has 0 saturated carbocycles. The second-order valence-corrected chi connectivity index (χ2v) is 16.6. The summed E-state index contributed by atoms with van der Waals surface area (Å²) in [6, 6.07) is -0.546. The van der Waals surface area contributed by atoms with E-state index in [9.17, 15) is 35.1 Å². The van der Waals surface area contributed by atoms with Gasteiger partial charge in [-0.2, -0.15) is 0 Å². The van der Waals surface area contributed by atoms with E-state index in [2.05, 4.69) is 11.8 Å². The van der Waals surface area contributed by atoms with Crippen LogP contribution in [0.25, 0.3) is 0 Å². The maximum atomic E-state index is 13.7. The van der Waals surface area contributed by atoms with Gasteiger partial charge in [0.05, 0.1) is 55.7 Å². The van der Waals surface area contributed by atoms with E-state index < -0.39 is 97.1 Å². The van der Waals surface area contributed by atoms with Gasteiger partial charge >= 0.3 is 5.97 Å². The van der Waals surface area contributed by atoms with Crippen molar-refractivity contribution in [3.8, 4) is 0 Å². The van der Waals surface area contributed by atoms with Crippen LogP contribution >= 0.6 is 0 Å². The fourth-order valence-electron chi connectivity index (χ4n) is 8.44. The Balaban J connectivity index is 2.37. The molecule has 2 fully saturated rings. The second kappa shape index (κ2) is 23.3. The van der Waals surface area contributed by atoms with E-state index >= 15 is 0 Å². The van der Waals surface area contributed by atoms with Crippen molar-refractivity contribution in [2.45, 2.75) is 160 Å². The Hall–Kier alpha value is -1.34. The molecule has 55 heavy (non-hydrogen) atoms. The lowest BCUT2D eigenvalue weighted by Crippen LogP contribution is -2.64. The van der Waals surface area contributed by atoms with E-state index in [1.54, 1.807) is 32.8 Å². The molecule has 2 aliphatic rings. The number of carbonyl (C=O) groups excluding carboxylic acids is 2. The molecule has 15 nitrogen and oxygen atoms in total. The van der Waals surface area contributed by atoms with Gasteiger partial charge in [-0.3, -0.25) is 9.59 Å². The molecule has 15 heteroatoms. The highest BCUT2D eigenvalue weighted by Crippen LogP contribution is 2.41.